The molecule has 1 N–H and O–H groups in total. The van der Waals surface area contributed by atoms with Crippen molar-refractivity contribution in [1.82, 2.24) is 5.32 Å². The zero-order valence-electron chi connectivity index (χ0n) is 10.9. The van der Waals surface area contributed by atoms with Crippen LogP contribution in [0.2, 0.25) is 0 Å². The van der Waals surface area contributed by atoms with Gasteiger partial charge >= 0.3 is 0 Å². The second kappa shape index (κ2) is 5.63. The maximum Gasteiger partial charge on any atom is 0.126 e. The summed E-state index contributed by atoms with van der Waals surface area (Å²) in [5.41, 5.74) is 3.25. The summed E-state index contributed by atoms with van der Waals surface area (Å²) >= 11 is 0. The fourth-order valence-electron chi connectivity index (χ4n) is 2.62. The molecule has 1 aliphatic rings. The van der Waals surface area contributed by atoms with Gasteiger partial charge in [0.2, 0.25) is 0 Å². The largest absolute Gasteiger partial charge is 0.314 e. The highest BCUT2D eigenvalue weighted by atomic mass is 19.1. The molecule has 0 aliphatic carbocycles. The summed E-state index contributed by atoms with van der Waals surface area (Å²) in [7, 11) is 0. The van der Waals surface area contributed by atoms with Gasteiger partial charge in [-0.3, -0.25) is 0 Å². The van der Waals surface area contributed by atoms with Crippen LogP contribution in [0.15, 0.2) is 12.1 Å². The van der Waals surface area contributed by atoms with E-state index in [-0.39, 0.29) is 5.82 Å². The second-order valence-corrected chi connectivity index (χ2v) is 5.07. The summed E-state index contributed by atoms with van der Waals surface area (Å²) in [5, 5.41) is 3.55. The topological polar surface area (TPSA) is 12.0 Å². The number of halogens is 1. The van der Waals surface area contributed by atoms with E-state index < -0.39 is 0 Å². The highest BCUT2D eigenvalue weighted by Crippen LogP contribution is 2.20. The van der Waals surface area contributed by atoms with Crippen molar-refractivity contribution < 1.29 is 4.39 Å². The van der Waals surface area contributed by atoms with E-state index in [9.17, 15) is 4.39 Å². The molecule has 1 heterocycles. The Morgan fingerprint density at radius 2 is 2.12 bits per heavy atom. The Hall–Kier alpha value is -0.890. The lowest BCUT2D eigenvalue weighted by Gasteiger charge is -2.24. The quantitative estimate of drug-likeness (QED) is 0.847. The molecule has 1 saturated heterocycles. The SMILES string of the molecule is CCc1cc(CC2CCCCN2)c(C)cc1F. The molecule has 94 valence electrons. The van der Waals surface area contributed by atoms with Gasteiger partial charge < -0.3 is 5.32 Å². The molecule has 1 aromatic carbocycles. The first-order valence-electron chi connectivity index (χ1n) is 6.72. The molecule has 0 amide bonds. The molecule has 1 aromatic rings. The zero-order chi connectivity index (χ0) is 12.3. The molecule has 17 heavy (non-hydrogen) atoms. The normalized spacial score (nSPS) is 20.5. The van der Waals surface area contributed by atoms with Gasteiger partial charge in [-0.05, 0) is 61.9 Å². The molecular weight excluding hydrogens is 213 g/mol. The van der Waals surface area contributed by atoms with E-state index in [1.54, 1.807) is 6.07 Å². The van der Waals surface area contributed by atoms with Crippen LogP contribution in [0, 0.1) is 12.7 Å². The van der Waals surface area contributed by atoms with Gasteiger partial charge in [-0.15, -0.1) is 0 Å². The number of piperidine rings is 1. The lowest BCUT2D eigenvalue weighted by atomic mass is 9.93. The molecule has 0 aromatic heterocycles. The predicted octanol–water partition coefficient (Wildman–Crippen LogP) is 3.38. The van der Waals surface area contributed by atoms with Crippen LogP contribution in [0.5, 0.6) is 0 Å². The summed E-state index contributed by atoms with van der Waals surface area (Å²) in [5.74, 6) is -0.0506. The summed E-state index contributed by atoms with van der Waals surface area (Å²) in [6.07, 6.45) is 5.67. The summed E-state index contributed by atoms with van der Waals surface area (Å²) in [4.78, 5) is 0. The van der Waals surface area contributed by atoms with Crippen molar-refractivity contribution >= 4 is 0 Å². The van der Waals surface area contributed by atoms with E-state index in [4.69, 9.17) is 0 Å². The average Bonchev–Trinajstić information content (AvgIpc) is 2.34. The molecule has 1 aliphatic heterocycles. The number of aryl methyl sites for hydroxylation is 2. The maximum absolute atomic E-state index is 13.6. The number of hydrogen-bond acceptors (Lipinski definition) is 1. The van der Waals surface area contributed by atoms with Gasteiger partial charge in [0, 0.05) is 6.04 Å². The van der Waals surface area contributed by atoms with Crippen molar-refractivity contribution in [2.75, 3.05) is 6.54 Å². The van der Waals surface area contributed by atoms with Gasteiger partial charge in [0.05, 0.1) is 0 Å². The van der Waals surface area contributed by atoms with Crippen LogP contribution >= 0.6 is 0 Å². The van der Waals surface area contributed by atoms with Crippen LogP contribution in [0.25, 0.3) is 0 Å². The highest BCUT2D eigenvalue weighted by molar-refractivity contribution is 5.33. The number of nitrogens with one attached hydrogen (secondary N) is 1. The molecule has 0 radical (unpaired) electrons. The first-order chi connectivity index (χ1) is 8.20. The van der Waals surface area contributed by atoms with E-state index in [1.807, 2.05) is 13.8 Å². The van der Waals surface area contributed by atoms with Crippen LogP contribution in [0.3, 0.4) is 0 Å². The fraction of sp³-hybridized carbons (Fsp3) is 0.600. The number of rotatable bonds is 3. The Morgan fingerprint density at radius 1 is 1.29 bits per heavy atom. The highest BCUT2D eigenvalue weighted by Gasteiger charge is 2.15. The first kappa shape index (κ1) is 12.6. The van der Waals surface area contributed by atoms with Crippen molar-refractivity contribution in [3.05, 3.63) is 34.6 Å². The Morgan fingerprint density at radius 3 is 2.76 bits per heavy atom. The Bertz CT molecular complexity index is 381. The van der Waals surface area contributed by atoms with Crippen LogP contribution in [-0.4, -0.2) is 12.6 Å². The van der Waals surface area contributed by atoms with Crippen molar-refractivity contribution in [2.45, 2.75) is 52.0 Å². The molecule has 2 rings (SSSR count). The van der Waals surface area contributed by atoms with Gasteiger partial charge in [0.25, 0.3) is 0 Å². The lowest BCUT2D eigenvalue weighted by Crippen LogP contribution is -2.35. The standard InChI is InChI=1S/C15H22FN/c1-3-12-9-13(11(2)8-15(12)16)10-14-6-4-5-7-17-14/h8-9,14,17H,3-7,10H2,1-2H3. The molecule has 1 nitrogen and oxygen atoms in total. The van der Waals surface area contributed by atoms with Crippen LogP contribution in [-0.2, 0) is 12.8 Å². The molecule has 0 saturated carbocycles. The minimum absolute atomic E-state index is 0.0506. The third-order valence-corrected chi connectivity index (χ3v) is 3.76. The minimum Gasteiger partial charge on any atom is -0.314 e. The van der Waals surface area contributed by atoms with E-state index in [1.165, 1.54) is 24.8 Å². The molecule has 1 fully saturated rings. The minimum atomic E-state index is -0.0506. The van der Waals surface area contributed by atoms with Crippen LogP contribution in [0.4, 0.5) is 4.39 Å². The monoisotopic (exact) mass is 235 g/mol. The van der Waals surface area contributed by atoms with Gasteiger partial charge in [0.1, 0.15) is 5.82 Å². The Labute approximate surface area is 103 Å². The van der Waals surface area contributed by atoms with Crippen molar-refractivity contribution in [3.8, 4) is 0 Å². The number of hydrogen-bond donors (Lipinski definition) is 1. The zero-order valence-corrected chi connectivity index (χ0v) is 10.9. The molecule has 2 heteroatoms. The van der Waals surface area contributed by atoms with Crippen molar-refractivity contribution in [1.29, 1.82) is 0 Å². The van der Waals surface area contributed by atoms with Gasteiger partial charge in [0.15, 0.2) is 0 Å². The summed E-state index contributed by atoms with van der Waals surface area (Å²) in [6, 6.07) is 4.33. The Kier molecular flexibility index (Phi) is 4.16. The van der Waals surface area contributed by atoms with Gasteiger partial charge in [-0.1, -0.05) is 19.4 Å². The van der Waals surface area contributed by atoms with E-state index in [2.05, 4.69) is 11.4 Å². The molecule has 1 atom stereocenters. The predicted molar refractivity (Wildman–Crippen MR) is 69.9 cm³/mol. The van der Waals surface area contributed by atoms with Crippen molar-refractivity contribution in [3.63, 3.8) is 0 Å². The van der Waals surface area contributed by atoms with E-state index in [0.717, 1.165) is 30.5 Å². The van der Waals surface area contributed by atoms with E-state index >= 15 is 0 Å². The van der Waals surface area contributed by atoms with Gasteiger partial charge in [-0.25, -0.2) is 4.39 Å². The summed E-state index contributed by atoms with van der Waals surface area (Å²) in [6.45, 7) is 5.16. The third kappa shape index (κ3) is 3.06. The molecular formula is C15H22FN. The van der Waals surface area contributed by atoms with E-state index in [0.29, 0.717) is 6.04 Å². The van der Waals surface area contributed by atoms with Crippen molar-refractivity contribution in [2.24, 2.45) is 0 Å². The third-order valence-electron chi connectivity index (χ3n) is 3.76. The summed E-state index contributed by atoms with van der Waals surface area (Å²) < 4.78 is 13.6. The Balaban J connectivity index is 2.13. The number of benzene rings is 1. The molecule has 0 spiro atoms. The molecule has 1 unspecified atom stereocenters. The first-order valence-corrected chi connectivity index (χ1v) is 6.72. The second-order valence-electron chi connectivity index (χ2n) is 5.07. The van der Waals surface area contributed by atoms with Crippen LogP contribution in [0.1, 0.15) is 42.9 Å². The average molecular weight is 235 g/mol. The maximum atomic E-state index is 13.6. The smallest absolute Gasteiger partial charge is 0.126 e. The van der Waals surface area contributed by atoms with Gasteiger partial charge in [-0.2, -0.15) is 0 Å². The fourth-order valence-corrected chi connectivity index (χ4v) is 2.62. The lowest BCUT2D eigenvalue weighted by molar-refractivity contribution is 0.398. The molecule has 0 bridgehead atoms. The van der Waals surface area contributed by atoms with Crippen LogP contribution < -0.4 is 5.32 Å².